The Balaban J connectivity index is 1.65. The molecule has 0 aliphatic carbocycles. The molecule has 0 saturated carbocycles. The number of hydrogen-bond donors (Lipinski definition) is 2. The number of benzene rings is 2. The molecule has 0 radical (unpaired) electrons. The summed E-state index contributed by atoms with van der Waals surface area (Å²) in [5.74, 6) is -3.02. The minimum Gasteiger partial charge on any atom is -0.481 e. The summed E-state index contributed by atoms with van der Waals surface area (Å²) in [7, 11) is 0. The minimum atomic E-state index is -0.982. The molecule has 2 aromatic rings. The zero-order chi connectivity index (χ0) is 27.4. The number of carbonyl (C=O) groups excluding carboxylic acids is 2. The first-order valence-corrected chi connectivity index (χ1v) is 14.3. The second-order valence-corrected chi connectivity index (χ2v) is 12.9. The lowest BCUT2D eigenvalue weighted by molar-refractivity contribution is -0.149. The number of thioether (sulfide) groups is 1. The van der Waals surface area contributed by atoms with Crippen LogP contribution < -0.4 is 4.90 Å². The van der Waals surface area contributed by atoms with E-state index in [-0.39, 0.29) is 42.1 Å². The van der Waals surface area contributed by atoms with Crippen molar-refractivity contribution in [2.24, 2.45) is 23.7 Å². The van der Waals surface area contributed by atoms with Crippen molar-refractivity contribution in [3.8, 4) is 0 Å². The molecular weight excluding hydrogens is 500 g/mol. The fourth-order valence-corrected chi connectivity index (χ4v) is 9.57. The smallest absolute Gasteiger partial charge is 0.308 e. The molecular formula is C30H36N2O5S. The molecule has 3 fully saturated rings. The lowest BCUT2D eigenvalue weighted by Gasteiger charge is -2.42. The number of aliphatic hydroxyl groups excluding tert-OH is 1. The van der Waals surface area contributed by atoms with Crippen molar-refractivity contribution >= 4 is 46.0 Å². The van der Waals surface area contributed by atoms with Gasteiger partial charge in [0.15, 0.2) is 0 Å². The van der Waals surface area contributed by atoms with E-state index in [1.165, 1.54) is 11.8 Å². The first-order valence-electron chi connectivity index (χ1n) is 13.4. The molecule has 2 amide bonds. The third kappa shape index (κ3) is 3.95. The Morgan fingerprint density at radius 2 is 1.95 bits per heavy atom. The van der Waals surface area contributed by atoms with Crippen LogP contribution in [0.15, 0.2) is 55.1 Å². The number of likely N-dealkylation sites (tertiary alicyclic amines) is 1. The van der Waals surface area contributed by atoms with Gasteiger partial charge in [0.1, 0.15) is 6.04 Å². The molecule has 1 spiro atoms. The van der Waals surface area contributed by atoms with Crippen LogP contribution in [0.25, 0.3) is 10.8 Å². The zero-order valence-corrected chi connectivity index (χ0v) is 22.9. The van der Waals surface area contributed by atoms with E-state index in [4.69, 9.17) is 0 Å². The molecule has 2 N–H and O–H groups in total. The first-order chi connectivity index (χ1) is 18.1. The van der Waals surface area contributed by atoms with Gasteiger partial charge in [0.25, 0.3) is 5.91 Å². The molecule has 3 aliphatic heterocycles. The number of fused-ring (bicyclic) bond motifs is 2. The normalized spacial score (nSPS) is 30.6. The van der Waals surface area contributed by atoms with Crippen molar-refractivity contribution in [2.45, 2.75) is 55.7 Å². The number of rotatable bonds is 9. The Morgan fingerprint density at radius 1 is 1.24 bits per heavy atom. The summed E-state index contributed by atoms with van der Waals surface area (Å²) in [6.45, 7) is 9.92. The summed E-state index contributed by atoms with van der Waals surface area (Å²) in [5.41, 5.74) is 0.699. The maximum absolute atomic E-state index is 14.7. The van der Waals surface area contributed by atoms with E-state index in [0.29, 0.717) is 18.5 Å². The molecule has 5 rings (SSSR count). The molecule has 3 saturated heterocycles. The predicted octanol–water partition coefficient (Wildman–Crippen LogP) is 4.19. The number of carboxylic acids is 1. The van der Waals surface area contributed by atoms with Crippen molar-refractivity contribution < 1.29 is 24.6 Å². The number of aliphatic hydroxyl groups is 1. The summed E-state index contributed by atoms with van der Waals surface area (Å²) in [4.78, 5) is 44.6. The van der Waals surface area contributed by atoms with Gasteiger partial charge in [-0.05, 0) is 47.6 Å². The van der Waals surface area contributed by atoms with Gasteiger partial charge in [-0.25, -0.2) is 0 Å². The Hall–Kier alpha value is -2.84. The molecule has 0 aromatic heterocycles. The average molecular weight is 537 g/mol. The number of carboxylic acid groups (broad SMARTS) is 1. The van der Waals surface area contributed by atoms with Gasteiger partial charge in [0.2, 0.25) is 5.91 Å². The second-order valence-electron chi connectivity index (χ2n) is 11.4. The van der Waals surface area contributed by atoms with Crippen molar-refractivity contribution in [3.05, 3.63) is 55.1 Å². The molecule has 8 heteroatoms. The van der Waals surface area contributed by atoms with Gasteiger partial charge in [0, 0.05) is 17.5 Å². The number of hydrogen-bond acceptors (Lipinski definition) is 5. The average Bonchev–Trinajstić information content (AvgIpc) is 3.48. The Labute approximate surface area is 227 Å². The van der Waals surface area contributed by atoms with E-state index in [1.807, 2.05) is 63.2 Å². The van der Waals surface area contributed by atoms with E-state index in [0.717, 1.165) is 10.8 Å². The van der Waals surface area contributed by atoms with Crippen LogP contribution in [-0.2, 0) is 14.4 Å². The van der Waals surface area contributed by atoms with Crippen LogP contribution in [0.1, 0.15) is 33.6 Å². The van der Waals surface area contributed by atoms with Crippen molar-refractivity contribution in [1.82, 2.24) is 4.90 Å². The number of amides is 2. The van der Waals surface area contributed by atoms with Crippen LogP contribution >= 0.6 is 11.8 Å². The Kier molecular flexibility index (Phi) is 7.07. The third-order valence-electron chi connectivity index (χ3n) is 8.67. The van der Waals surface area contributed by atoms with Crippen LogP contribution in [-0.4, -0.2) is 68.1 Å². The van der Waals surface area contributed by atoms with Crippen LogP contribution in [0.4, 0.5) is 5.69 Å². The van der Waals surface area contributed by atoms with E-state index in [9.17, 15) is 24.6 Å². The number of anilines is 1. The molecule has 202 valence electrons. The lowest BCUT2D eigenvalue weighted by Crippen LogP contribution is -2.59. The first kappa shape index (κ1) is 26.8. The summed E-state index contributed by atoms with van der Waals surface area (Å²) < 4.78 is -0.859. The lowest BCUT2D eigenvalue weighted by atomic mass is 9.66. The molecule has 3 heterocycles. The molecule has 3 unspecified atom stereocenters. The van der Waals surface area contributed by atoms with E-state index < -0.39 is 34.6 Å². The summed E-state index contributed by atoms with van der Waals surface area (Å²) in [6.07, 6.45) is 2.84. The monoisotopic (exact) mass is 536 g/mol. The standard InChI is InChI=1S/C30H36N2O5S/c1-5-12-31(21-11-10-19-8-6-7-9-20(19)15-21)28(35)26-30-18(4)14-23(38-30)24(29(36)37)25(30)27(34)32(26)22(16-33)13-17(2)3/h5-11,15,17-18,22-26,33H,1,12-14,16H2,2-4H3,(H,36,37)/t18?,22-,23+,24-,25+,26?,30?/m1/s1. The highest BCUT2D eigenvalue weighted by Gasteiger charge is 2.77. The SMILES string of the molecule is C=CCN(C(=O)C1N([C@@H](CO)CC(C)C)C(=O)[C@@H]2[C@H](C(=O)O)[C@@H]3CC(C)C12S3)c1ccc2ccccc2c1. The minimum absolute atomic E-state index is 0.0263. The van der Waals surface area contributed by atoms with Crippen LogP contribution in [0.3, 0.4) is 0 Å². The van der Waals surface area contributed by atoms with Crippen LogP contribution in [0.2, 0.25) is 0 Å². The molecule has 2 aromatic carbocycles. The largest absolute Gasteiger partial charge is 0.481 e. The van der Waals surface area contributed by atoms with Crippen LogP contribution in [0, 0.1) is 23.7 Å². The number of nitrogens with zero attached hydrogens (tertiary/aromatic N) is 2. The van der Waals surface area contributed by atoms with Crippen LogP contribution in [0.5, 0.6) is 0 Å². The third-order valence-corrected chi connectivity index (χ3v) is 10.7. The highest BCUT2D eigenvalue weighted by molar-refractivity contribution is 8.02. The Bertz CT molecular complexity index is 1280. The van der Waals surface area contributed by atoms with Gasteiger partial charge < -0.3 is 20.0 Å². The molecule has 2 bridgehead atoms. The van der Waals surface area contributed by atoms with E-state index >= 15 is 0 Å². The van der Waals surface area contributed by atoms with Gasteiger partial charge in [0.05, 0.1) is 29.2 Å². The van der Waals surface area contributed by atoms with Gasteiger partial charge in [-0.2, -0.15) is 0 Å². The number of carbonyl (C=O) groups is 3. The van der Waals surface area contributed by atoms with Gasteiger partial charge in [-0.15, -0.1) is 18.3 Å². The summed E-state index contributed by atoms with van der Waals surface area (Å²) in [5, 5.41) is 22.4. The maximum Gasteiger partial charge on any atom is 0.308 e. The van der Waals surface area contributed by atoms with Gasteiger partial charge in [-0.1, -0.05) is 57.2 Å². The van der Waals surface area contributed by atoms with Gasteiger partial charge >= 0.3 is 5.97 Å². The molecule has 7 atom stereocenters. The highest BCUT2D eigenvalue weighted by atomic mass is 32.2. The second kappa shape index (κ2) is 10.0. The quantitative estimate of drug-likeness (QED) is 0.467. The molecule has 38 heavy (non-hydrogen) atoms. The zero-order valence-electron chi connectivity index (χ0n) is 22.1. The maximum atomic E-state index is 14.7. The van der Waals surface area contributed by atoms with Crippen molar-refractivity contribution in [1.29, 1.82) is 0 Å². The molecule has 7 nitrogen and oxygen atoms in total. The van der Waals surface area contributed by atoms with Gasteiger partial charge in [-0.3, -0.25) is 14.4 Å². The fourth-order valence-electron chi connectivity index (χ4n) is 7.18. The molecule has 3 aliphatic rings. The Morgan fingerprint density at radius 3 is 2.58 bits per heavy atom. The predicted molar refractivity (Wildman–Crippen MR) is 150 cm³/mol. The fraction of sp³-hybridized carbons (Fsp3) is 0.500. The van der Waals surface area contributed by atoms with Crippen molar-refractivity contribution in [3.63, 3.8) is 0 Å². The highest BCUT2D eigenvalue weighted by Crippen LogP contribution is 2.69. The van der Waals surface area contributed by atoms with E-state index in [2.05, 4.69) is 6.58 Å². The summed E-state index contributed by atoms with van der Waals surface area (Å²) in [6, 6.07) is 12.3. The summed E-state index contributed by atoms with van der Waals surface area (Å²) >= 11 is 1.52. The number of aliphatic carboxylic acids is 1. The van der Waals surface area contributed by atoms with Crippen molar-refractivity contribution in [2.75, 3.05) is 18.1 Å². The topological polar surface area (TPSA) is 98.2 Å². The van der Waals surface area contributed by atoms with E-state index in [1.54, 1.807) is 15.9 Å².